The highest BCUT2D eigenvalue weighted by molar-refractivity contribution is 7.99. The zero-order valence-corrected chi connectivity index (χ0v) is 11.7. The Balaban J connectivity index is 2.17. The number of nitrogens with zero attached hydrogens (tertiary/aromatic N) is 6. The molecule has 2 aromatic rings. The van der Waals surface area contributed by atoms with E-state index < -0.39 is 0 Å². The Morgan fingerprint density at radius 3 is 2.89 bits per heavy atom. The SMILES string of the molecule is CCC(C)CSc1nc(Cl)nc(-n2cncn2)n1. The first kappa shape index (κ1) is 13.2. The molecule has 2 heterocycles. The minimum Gasteiger partial charge on any atom is -0.223 e. The lowest BCUT2D eigenvalue weighted by Crippen LogP contribution is -2.05. The highest BCUT2D eigenvalue weighted by Gasteiger charge is 2.09. The molecule has 2 aromatic heterocycles. The lowest BCUT2D eigenvalue weighted by atomic mass is 10.2. The summed E-state index contributed by atoms with van der Waals surface area (Å²) in [4.78, 5) is 16.3. The van der Waals surface area contributed by atoms with E-state index in [0.29, 0.717) is 17.0 Å². The maximum Gasteiger partial charge on any atom is 0.257 e. The smallest absolute Gasteiger partial charge is 0.223 e. The third-order valence-corrected chi connectivity index (χ3v) is 3.74. The third kappa shape index (κ3) is 3.39. The van der Waals surface area contributed by atoms with E-state index >= 15 is 0 Å². The molecule has 0 fully saturated rings. The van der Waals surface area contributed by atoms with E-state index in [4.69, 9.17) is 11.6 Å². The van der Waals surface area contributed by atoms with Crippen molar-refractivity contribution in [3.8, 4) is 5.95 Å². The lowest BCUT2D eigenvalue weighted by molar-refractivity contribution is 0.635. The van der Waals surface area contributed by atoms with Crippen molar-refractivity contribution in [1.82, 2.24) is 29.7 Å². The summed E-state index contributed by atoms with van der Waals surface area (Å²) in [5, 5.41) is 4.75. The quantitative estimate of drug-likeness (QED) is 0.784. The second kappa shape index (κ2) is 6.10. The standard InChI is InChI=1S/C10H13ClN6S/c1-3-7(2)4-18-10-15-8(11)14-9(16-10)17-6-12-5-13-17/h5-7H,3-4H2,1-2H3. The van der Waals surface area contributed by atoms with Crippen LogP contribution in [0.25, 0.3) is 5.95 Å². The molecule has 0 aliphatic rings. The summed E-state index contributed by atoms with van der Waals surface area (Å²) in [7, 11) is 0. The predicted molar refractivity (Wildman–Crippen MR) is 69.9 cm³/mol. The maximum absolute atomic E-state index is 5.88. The van der Waals surface area contributed by atoms with Gasteiger partial charge >= 0.3 is 0 Å². The van der Waals surface area contributed by atoms with Gasteiger partial charge in [-0.25, -0.2) is 4.98 Å². The van der Waals surface area contributed by atoms with Gasteiger partial charge in [0.2, 0.25) is 5.28 Å². The average Bonchev–Trinajstić information content (AvgIpc) is 2.89. The molecule has 0 radical (unpaired) electrons. The number of rotatable bonds is 5. The monoisotopic (exact) mass is 284 g/mol. The summed E-state index contributed by atoms with van der Waals surface area (Å²) in [5.74, 6) is 1.95. The first-order valence-corrected chi connectivity index (χ1v) is 6.94. The van der Waals surface area contributed by atoms with Crippen LogP contribution in [0.1, 0.15) is 20.3 Å². The molecule has 0 aliphatic heterocycles. The first-order valence-electron chi connectivity index (χ1n) is 5.58. The molecule has 96 valence electrons. The van der Waals surface area contributed by atoms with E-state index in [0.717, 1.165) is 12.2 Å². The molecule has 0 saturated carbocycles. The van der Waals surface area contributed by atoms with Crippen LogP contribution in [0.3, 0.4) is 0 Å². The number of aromatic nitrogens is 6. The van der Waals surface area contributed by atoms with Gasteiger partial charge in [0.25, 0.3) is 5.95 Å². The van der Waals surface area contributed by atoms with Gasteiger partial charge in [0.15, 0.2) is 5.16 Å². The highest BCUT2D eigenvalue weighted by atomic mass is 35.5. The summed E-state index contributed by atoms with van der Waals surface area (Å²) >= 11 is 7.45. The van der Waals surface area contributed by atoms with Crippen LogP contribution in [-0.4, -0.2) is 35.5 Å². The van der Waals surface area contributed by atoms with E-state index in [1.54, 1.807) is 11.8 Å². The van der Waals surface area contributed by atoms with Gasteiger partial charge in [-0.1, -0.05) is 32.0 Å². The molecule has 0 bridgehead atoms. The predicted octanol–water partition coefficient (Wildman–Crippen LogP) is 2.24. The van der Waals surface area contributed by atoms with Crippen molar-refractivity contribution in [2.24, 2.45) is 5.92 Å². The fourth-order valence-corrected chi connectivity index (χ4v) is 2.31. The van der Waals surface area contributed by atoms with Crippen molar-refractivity contribution in [2.75, 3.05) is 5.75 Å². The lowest BCUT2D eigenvalue weighted by Gasteiger charge is -2.07. The van der Waals surface area contributed by atoms with Crippen molar-refractivity contribution in [3.63, 3.8) is 0 Å². The van der Waals surface area contributed by atoms with Crippen LogP contribution in [0.2, 0.25) is 5.28 Å². The van der Waals surface area contributed by atoms with Gasteiger partial charge in [-0.2, -0.15) is 24.7 Å². The summed E-state index contributed by atoms with van der Waals surface area (Å²) < 4.78 is 1.46. The molecule has 6 nitrogen and oxygen atoms in total. The number of thioether (sulfide) groups is 1. The van der Waals surface area contributed by atoms with Crippen LogP contribution in [0.5, 0.6) is 0 Å². The van der Waals surface area contributed by atoms with Gasteiger partial charge in [-0.3, -0.25) is 0 Å². The van der Waals surface area contributed by atoms with E-state index in [-0.39, 0.29) is 5.28 Å². The Bertz CT molecular complexity index is 503. The van der Waals surface area contributed by atoms with Crippen molar-refractivity contribution in [2.45, 2.75) is 25.4 Å². The topological polar surface area (TPSA) is 69.4 Å². The van der Waals surface area contributed by atoms with Crippen LogP contribution in [0.4, 0.5) is 0 Å². The largest absolute Gasteiger partial charge is 0.257 e. The van der Waals surface area contributed by atoms with Crippen molar-refractivity contribution < 1.29 is 0 Å². The fourth-order valence-electron chi connectivity index (χ4n) is 1.14. The molecule has 18 heavy (non-hydrogen) atoms. The minimum atomic E-state index is 0.169. The normalized spacial score (nSPS) is 12.6. The Labute approximate surface area is 114 Å². The number of hydrogen-bond donors (Lipinski definition) is 0. The zero-order chi connectivity index (χ0) is 13.0. The van der Waals surface area contributed by atoms with Crippen LogP contribution in [-0.2, 0) is 0 Å². The average molecular weight is 285 g/mol. The van der Waals surface area contributed by atoms with Gasteiger partial charge in [-0.05, 0) is 17.5 Å². The van der Waals surface area contributed by atoms with E-state index in [2.05, 4.69) is 38.9 Å². The highest BCUT2D eigenvalue weighted by Crippen LogP contribution is 2.19. The Morgan fingerprint density at radius 2 is 2.22 bits per heavy atom. The van der Waals surface area contributed by atoms with Crippen LogP contribution in [0, 0.1) is 5.92 Å². The van der Waals surface area contributed by atoms with Crippen LogP contribution >= 0.6 is 23.4 Å². The van der Waals surface area contributed by atoms with Crippen molar-refractivity contribution in [3.05, 3.63) is 17.9 Å². The van der Waals surface area contributed by atoms with E-state index in [1.165, 1.54) is 17.3 Å². The molecule has 0 N–H and O–H groups in total. The van der Waals surface area contributed by atoms with Crippen molar-refractivity contribution in [1.29, 1.82) is 0 Å². The fraction of sp³-hybridized carbons (Fsp3) is 0.500. The van der Waals surface area contributed by atoms with Gasteiger partial charge in [0.1, 0.15) is 12.7 Å². The molecular formula is C10H13ClN6S. The molecule has 0 saturated heterocycles. The van der Waals surface area contributed by atoms with Gasteiger partial charge in [0.05, 0.1) is 0 Å². The second-order valence-corrected chi connectivity index (χ2v) is 5.18. The molecule has 0 amide bonds. The Kier molecular flexibility index (Phi) is 4.48. The molecule has 0 aliphatic carbocycles. The molecule has 0 aromatic carbocycles. The number of halogens is 1. The van der Waals surface area contributed by atoms with Gasteiger partial charge in [-0.15, -0.1) is 0 Å². The number of hydrogen-bond acceptors (Lipinski definition) is 6. The van der Waals surface area contributed by atoms with Crippen LogP contribution < -0.4 is 0 Å². The molecule has 8 heteroatoms. The van der Waals surface area contributed by atoms with E-state index in [9.17, 15) is 0 Å². The third-order valence-electron chi connectivity index (χ3n) is 2.39. The Hall–Kier alpha value is -1.21. The summed E-state index contributed by atoms with van der Waals surface area (Å²) in [6.07, 6.45) is 4.07. The summed E-state index contributed by atoms with van der Waals surface area (Å²) in [5.41, 5.74) is 0. The molecular weight excluding hydrogens is 272 g/mol. The zero-order valence-electron chi connectivity index (χ0n) is 10.1. The van der Waals surface area contributed by atoms with Crippen LogP contribution in [0.15, 0.2) is 17.8 Å². The molecule has 1 unspecified atom stereocenters. The van der Waals surface area contributed by atoms with Gasteiger partial charge < -0.3 is 0 Å². The summed E-state index contributed by atoms with van der Waals surface area (Å²) in [6.45, 7) is 4.35. The Morgan fingerprint density at radius 1 is 1.39 bits per heavy atom. The van der Waals surface area contributed by atoms with Gasteiger partial charge in [0, 0.05) is 5.75 Å². The minimum absolute atomic E-state index is 0.169. The first-order chi connectivity index (χ1) is 8.69. The van der Waals surface area contributed by atoms with Crippen molar-refractivity contribution >= 4 is 23.4 Å². The molecule has 2 rings (SSSR count). The second-order valence-electron chi connectivity index (χ2n) is 3.85. The molecule has 0 spiro atoms. The molecule has 1 atom stereocenters. The van der Waals surface area contributed by atoms with E-state index in [1.807, 2.05) is 0 Å². The maximum atomic E-state index is 5.88. The summed E-state index contributed by atoms with van der Waals surface area (Å²) in [6, 6.07) is 0.